The van der Waals surface area contributed by atoms with Crippen LogP contribution in [0.3, 0.4) is 0 Å². The van der Waals surface area contributed by atoms with Crippen LogP contribution in [0.4, 0.5) is 0 Å². The maximum Gasteiger partial charge on any atom is 0.223 e. The van der Waals surface area contributed by atoms with Crippen LogP contribution in [0.25, 0.3) is 0 Å². The van der Waals surface area contributed by atoms with Crippen LogP contribution < -0.4 is 0 Å². The molecule has 1 aliphatic heterocycles. The molecular weight excluding hydrogens is 154 g/mol. The van der Waals surface area contributed by atoms with Crippen molar-refractivity contribution >= 4 is 11.7 Å². The van der Waals surface area contributed by atoms with Gasteiger partial charge in [-0.15, -0.1) is 0 Å². The summed E-state index contributed by atoms with van der Waals surface area (Å²) in [6, 6.07) is 0. The first-order chi connectivity index (χ1) is 5.61. The van der Waals surface area contributed by atoms with Gasteiger partial charge in [-0.05, 0) is 19.8 Å². The van der Waals surface area contributed by atoms with E-state index in [2.05, 4.69) is 0 Å². The van der Waals surface area contributed by atoms with Crippen molar-refractivity contribution in [1.82, 2.24) is 4.90 Å². The van der Waals surface area contributed by atoms with Crippen LogP contribution in [0, 0.1) is 0 Å². The number of ketones is 1. The summed E-state index contributed by atoms with van der Waals surface area (Å²) in [6.07, 6.45) is 3.37. The van der Waals surface area contributed by atoms with Crippen LogP contribution in [0.1, 0.15) is 26.7 Å². The SMILES string of the molecule is CC(=O)C1=CN(C(C)=O)CCC1. The van der Waals surface area contributed by atoms with Gasteiger partial charge in [-0.25, -0.2) is 0 Å². The Morgan fingerprint density at radius 2 is 2.08 bits per heavy atom. The second-order valence-electron chi connectivity index (χ2n) is 3.03. The molecule has 0 N–H and O–H groups in total. The number of nitrogens with zero attached hydrogens (tertiary/aromatic N) is 1. The first-order valence-electron chi connectivity index (χ1n) is 4.10. The van der Waals surface area contributed by atoms with E-state index in [-0.39, 0.29) is 11.7 Å². The van der Waals surface area contributed by atoms with Crippen LogP contribution in [0.2, 0.25) is 0 Å². The van der Waals surface area contributed by atoms with Crippen LogP contribution in [-0.2, 0) is 9.59 Å². The number of carbonyl (C=O) groups is 2. The van der Waals surface area contributed by atoms with Crippen molar-refractivity contribution in [2.75, 3.05) is 6.54 Å². The zero-order valence-corrected chi connectivity index (χ0v) is 7.46. The second kappa shape index (κ2) is 3.52. The average molecular weight is 167 g/mol. The number of hydrogen-bond acceptors (Lipinski definition) is 2. The van der Waals surface area contributed by atoms with Crippen molar-refractivity contribution in [3.8, 4) is 0 Å². The fourth-order valence-electron chi connectivity index (χ4n) is 1.27. The van der Waals surface area contributed by atoms with Gasteiger partial charge in [0.15, 0.2) is 5.78 Å². The Morgan fingerprint density at radius 3 is 2.58 bits per heavy atom. The Morgan fingerprint density at radius 1 is 1.42 bits per heavy atom. The molecule has 0 unspecified atom stereocenters. The number of rotatable bonds is 1. The molecule has 3 nitrogen and oxygen atoms in total. The lowest BCUT2D eigenvalue weighted by atomic mass is 10.0. The average Bonchev–Trinajstić information content (AvgIpc) is 2.04. The van der Waals surface area contributed by atoms with E-state index in [9.17, 15) is 9.59 Å². The van der Waals surface area contributed by atoms with Crippen LogP contribution in [0.15, 0.2) is 11.8 Å². The highest BCUT2D eigenvalue weighted by Crippen LogP contribution is 2.14. The van der Waals surface area contributed by atoms with E-state index in [1.54, 1.807) is 11.1 Å². The fourth-order valence-corrected chi connectivity index (χ4v) is 1.27. The molecule has 1 amide bonds. The highest BCUT2D eigenvalue weighted by molar-refractivity contribution is 5.93. The summed E-state index contributed by atoms with van der Waals surface area (Å²) in [5, 5.41) is 0. The van der Waals surface area contributed by atoms with Crippen molar-refractivity contribution < 1.29 is 9.59 Å². The molecule has 3 heteroatoms. The fraction of sp³-hybridized carbons (Fsp3) is 0.556. The number of allylic oxidation sites excluding steroid dienone is 1. The maximum absolute atomic E-state index is 11.0. The number of amides is 1. The minimum Gasteiger partial charge on any atom is -0.319 e. The molecule has 66 valence electrons. The summed E-state index contributed by atoms with van der Waals surface area (Å²) in [5.41, 5.74) is 0.761. The van der Waals surface area contributed by atoms with E-state index in [1.165, 1.54) is 13.8 Å². The summed E-state index contributed by atoms with van der Waals surface area (Å²) in [5.74, 6) is 0.0781. The summed E-state index contributed by atoms with van der Waals surface area (Å²) >= 11 is 0. The lowest BCUT2D eigenvalue weighted by Gasteiger charge is -2.22. The molecule has 0 spiro atoms. The monoisotopic (exact) mass is 167 g/mol. The van der Waals surface area contributed by atoms with Gasteiger partial charge < -0.3 is 4.90 Å². The van der Waals surface area contributed by atoms with Gasteiger partial charge in [0.1, 0.15) is 0 Å². The van der Waals surface area contributed by atoms with Gasteiger partial charge >= 0.3 is 0 Å². The minimum absolute atomic E-state index is 0.00782. The smallest absolute Gasteiger partial charge is 0.223 e. The van der Waals surface area contributed by atoms with Crippen LogP contribution >= 0.6 is 0 Å². The number of carbonyl (C=O) groups excluding carboxylic acids is 2. The van der Waals surface area contributed by atoms with Gasteiger partial charge in [0.25, 0.3) is 0 Å². The molecule has 0 atom stereocenters. The van der Waals surface area contributed by atoms with E-state index < -0.39 is 0 Å². The molecule has 1 aliphatic rings. The molecule has 0 saturated carbocycles. The van der Waals surface area contributed by atoms with E-state index in [4.69, 9.17) is 0 Å². The van der Waals surface area contributed by atoms with Crippen molar-refractivity contribution in [2.24, 2.45) is 0 Å². The third-order valence-electron chi connectivity index (χ3n) is 2.01. The Bertz CT molecular complexity index is 243. The Hall–Kier alpha value is -1.12. The molecule has 0 radical (unpaired) electrons. The summed E-state index contributed by atoms with van der Waals surface area (Å²) in [4.78, 5) is 23.5. The first kappa shape index (κ1) is 8.97. The van der Waals surface area contributed by atoms with Crippen molar-refractivity contribution in [3.05, 3.63) is 11.8 Å². The summed E-state index contributed by atoms with van der Waals surface area (Å²) in [6.45, 7) is 3.79. The predicted octanol–water partition coefficient (Wildman–Crippen LogP) is 1.10. The lowest BCUT2D eigenvalue weighted by Crippen LogP contribution is -2.28. The quantitative estimate of drug-likeness (QED) is 0.586. The molecule has 0 aromatic heterocycles. The second-order valence-corrected chi connectivity index (χ2v) is 3.03. The third kappa shape index (κ3) is 1.94. The largest absolute Gasteiger partial charge is 0.319 e. The van der Waals surface area contributed by atoms with E-state index >= 15 is 0 Å². The van der Waals surface area contributed by atoms with E-state index in [0.717, 1.165) is 25.0 Å². The zero-order valence-electron chi connectivity index (χ0n) is 7.46. The van der Waals surface area contributed by atoms with Gasteiger partial charge in [-0.3, -0.25) is 9.59 Å². The summed E-state index contributed by atoms with van der Waals surface area (Å²) in [7, 11) is 0. The molecule has 0 saturated heterocycles. The highest BCUT2D eigenvalue weighted by atomic mass is 16.2. The highest BCUT2D eigenvalue weighted by Gasteiger charge is 2.15. The first-order valence-corrected chi connectivity index (χ1v) is 4.10. The molecule has 0 aliphatic carbocycles. The van der Waals surface area contributed by atoms with Crippen molar-refractivity contribution in [2.45, 2.75) is 26.7 Å². The van der Waals surface area contributed by atoms with E-state index in [0.29, 0.717) is 0 Å². The Labute approximate surface area is 72.0 Å². The van der Waals surface area contributed by atoms with Gasteiger partial charge in [0.2, 0.25) is 5.91 Å². The Balaban J connectivity index is 2.76. The van der Waals surface area contributed by atoms with Gasteiger partial charge in [0, 0.05) is 25.2 Å². The molecule has 0 fully saturated rings. The van der Waals surface area contributed by atoms with Crippen molar-refractivity contribution in [1.29, 1.82) is 0 Å². The molecule has 1 rings (SSSR count). The predicted molar refractivity (Wildman–Crippen MR) is 45.4 cm³/mol. The number of Topliss-reactive ketones (excluding diaryl/α,β-unsaturated/α-hetero) is 1. The topological polar surface area (TPSA) is 37.4 Å². The normalized spacial score (nSPS) is 17.2. The standard InChI is InChI=1S/C9H13NO2/c1-7(11)9-4-3-5-10(6-9)8(2)12/h6H,3-5H2,1-2H3. The van der Waals surface area contributed by atoms with Crippen molar-refractivity contribution in [3.63, 3.8) is 0 Å². The van der Waals surface area contributed by atoms with Gasteiger partial charge in [-0.2, -0.15) is 0 Å². The van der Waals surface area contributed by atoms with E-state index in [1.807, 2.05) is 0 Å². The number of hydrogen-bond donors (Lipinski definition) is 0. The molecule has 12 heavy (non-hydrogen) atoms. The third-order valence-corrected chi connectivity index (χ3v) is 2.01. The molecular formula is C9H13NO2. The maximum atomic E-state index is 11.0. The Kier molecular flexibility index (Phi) is 2.63. The molecule has 1 heterocycles. The lowest BCUT2D eigenvalue weighted by molar-refractivity contribution is -0.126. The molecule has 0 aromatic carbocycles. The van der Waals surface area contributed by atoms with Crippen LogP contribution in [-0.4, -0.2) is 23.1 Å². The minimum atomic E-state index is 0.00782. The van der Waals surface area contributed by atoms with Gasteiger partial charge in [0.05, 0.1) is 0 Å². The van der Waals surface area contributed by atoms with Crippen LogP contribution in [0.5, 0.6) is 0 Å². The molecule has 0 aromatic rings. The summed E-state index contributed by atoms with van der Waals surface area (Å²) < 4.78 is 0. The van der Waals surface area contributed by atoms with Gasteiger partial charge in [-0.1, -0.05) is 0 Å². The zero-order chi connectivity index (χ0) is 9.14. The molecule has 0 bridgehead atoms.